The normalized spacial score (nSPS) is 25.6. The second-order valence-electron chi connectivity index (χ2n) is 12.3. The van der Waals surface area contributed by atoms with Crippen molar-refractivity contribution in [2.24, 2.45) is 24.3 Å². The summed E-state index contributed by atoms with van der Waals surface area (Å²) in [5.74, 6) is -4.34. The number of aryl methyl sites for hydroxylation is 1. The topological polar surface area (TPSA) is 151 Å². The number of hydrogen-bond donors (Lipinski definition) is 2. The first-order chi connectivity index (χ1) is 19.5. The van der Waals surface area contributed by atoms with E-state index in [0.29, 0.717) is 12.8 Å². The molecular weight excluding hydrogens is 559 g/mol. The zero-order chi connectivity index (χ0) is 30.9. The lowest BCUT2D eigenvalue weighted by Crippen LogP contribution is -2.60. The molecule has 0 radical (unpaired) electrons. The summed E-state index contributed by atoms with van der Waals surface area (Å²) in [6.45, 7) is 7.09. The van der Waals surface area contributed by atoms with Crippen LogP contribution in [0.25, 0.3) is 5.52 Å². The van der Waals surface area contributed by atoms with Gasteiger partial charge in [0.05, 0.1) is 24.0 Å². The smallest absolute Gasteiger partial charge is 0.370 e. The molecule has 1 aliphatic heterocycles. The molecule has 6 atom stereocenters. The molecule has 2 aromatic heterocycles. The molecule has 42 heavy (non-hydrogen) atoms. The third-order valence-corrected chi connectivity index (χ3v) is 8.97. The monoisotopic (exact) mass is 591 g/mol. The minimum atomic E-state index is -5.24. The van der Waals surface area contributed by atoms with E-state index >= 15 is 0 Å². The van der Waals surface area contributed by atoms with Gasteiger partial charge < -0.3 is 24.8 Å². The second kappa shape index (κ2) is 9.82. The van der Waals surface area contributed by atoms with Gasteiger partial charge in [-0.05, 0) is 43.9 Å². The Balaban J connectivity index is 1.43. The molecule has 226 valence electrons. The number of alkyl halides is 3. The zero-order valence-electron chi connectivity index (χ0n) is 23.7. The molecule has 3 amide bonds. The van der Waals surface area contributed by atoms with Gasteiger partial charge in [-0.3, -0.25) is 19.2 Å². The van der Waals surface area contributed by atoms with Crippen molar-refractivity contribution < 1.29 is 32.3 Å². The van der Waals surface area contributed by atoms with Gasteiger partial charge in [-0.1, -0.05) is 13.8 Å². The van der Waals surface area contributed by atoms with Gasteiger partial charge in [0.25, 0.3) is 5.56 Å². The highest BCUT2D eigenvalue weighted by Gasteiger charge is 2.70. The molecule has 0 aromatic carbocycles. The number of rotatable bonds is 8. The van der Waals surface area contributed by atoms with Crippen LogP contribution in [0.2, 0.25) is 0 Å². The summed E-state index contributed by atoms with van der Waals surface area (Å²) in [6.07, 6.45) is -0.739. The fourth-order valence-corrected chi connectivity index (χ4v) is 6.13. The van der Waals surface area contributed by atoms with E-state index in [1.165, 1.54) is 46.5 Å². The van der Waals surface area contributed by atoms with Gasteiger partial charge in [0.1, 0.15) is 23.6 Å². The summed E-state index contributed by atoms with van der Waals surface area (Å²) in [6, 6.07) is -2.18. The van der Waals surface area contributed by atoms with Gasteiger partial charge in [-0.15, -0.1) is 0 Å². The quantitative estimate of drug-likeness (QED) is 0.468. The number of hydrogen-bond acceptors (Lipinski definition) is 7. The highest BCUT2D eigenvalue weighted by atomic mass is 19.4. The number of nitriles is 1. The van der Waals surface area contributed by atoms with Crippen LogP contribution in [0.3, 0.4) is 0 Å². The molecule has 3 aliphatic rings. The highest BCUT2D eigenvalue weighted by Crippen LogP contribution is 2.65. The predicted molar refractivity (Wildman–Crippen MR) is 139 cm³/mol. The van der Waals surface area contributed by atoms with Crippen LogP contribution in [0.15, 0.2) is 23.4 Å². The van der Waals surface area contributed by atoms with Crippen molar-refractivity contribution in [3.63, 3.8) is 0 Å². The second-order valence-corrected chi connectivity index (χ2v) is 12.3. The van der Waals surface area contributed by atoms with Gasteiger partial charge in [-0.25, -0.2) is 4.52 Å². The first-order valence-electron chi connectivity index (χ1n) is 13.6. The summed E-state index contributed by atoms with van der Waals surface area (Å²) < 4.78 is 48.1. The summed E-state index contributed by atoms with van der Waals surface area (Å²) in [5.41, 5.74) is -1.16. The molecule has 1 unspecified atom stereocenters. The summed E-state index contributed by atoms with van der Waals surface area (Å²) >= 11 is 0. The number of nitrogens with zero attached hydrogens (tertiary/aromatic N) is 5. The number of halogens is 3. The standard InChI is InChI=1S/C27H32F3N7O5/c1-13(42-26(4)6-7-26)18(34-24(41)27(28,29)30)22(39)36-12-15-17(25(15,2)3)20(36)21(38)33-16(10-31)14-11-32-37-9-8-35(5)23(40)19(14)37/h8-9,11,13,15-18,20H,6-7,12H2,1-5H3,(H,33,38)(H,34,41)/t13-,15+,16?,17+,18+,20+/m1/s1. The molecule has 0 bridgehead atoms. The Morgan fingerprint density at radius 2 is 1.86 bits per heavy atom. The van der Waals surface area contributed by atoms with Crippen LogP contribution in [0, 0.1) is 28.6 Å². The number of nitrogens with one attached hydrogen (secondary N) is 2. The lowest BCUT2D eigenvalue weighted by molar-refractivity contribution is -0.177. The van der Waals surface area contributed by atoms with Crippen LogP contribution in [0.5, 0.6) is 0 Å². The largest absolute Gasteiger partial charge is 0.471 e. The van der Waals surface area contributed by atoms with Crippen LogP contribution in [0.4, 0.5) is 13.2 Å². The molecule has 2 aliphatic carbocycles. The maximum Gasteiger partial charge on any atom is 0.471 e. The van der Waals surface area contributed by atoms with Gasteiger partial charge in [-0.2, -0.15) is 23.5 Å². The minimum absolute atomic E-state index is 0.0748. The molecule has 15 heteroatoms. The summed E-state index contributed by atoms with van der Waals surface area (Å²) in [5, 5.41) is 18.5. The number of amides is 3. The fraction of sp³-hybridized carbons (Fsp3) is 0.630. The van der Waals surface area contributed by atoms with Gasteiger partial charge in [0.2, 0.25) is 11.8 Å². The maximum absolute atomic E-state index is 13.9. The first kappa shape index (κ1) is 29.6. The Hall–Kier alpha value is -3.93. The molecule has 3 fully saturated rings. The Morgan fingerprint density at radius 1 is 1.19 bits per heavy atom. The molecule has 0 spiro atoms. The number of carbonyl (C=O) groups excluding carboxylic acids is 3. The number of likely N-dealkylation sites (tertiary alicyclic amines) is 1. The summed E-state index contributed by atoms with van der Waals surface area (Å²) in [4.78, 5) is 53.5. The maximum atomic E-state index is 13.9. The lowest BCUT2D eigenvalue weighted by Gasteiger charge is -2.35. The van der Waals surface area contributed by atoms with E-state index in [2.05, 4.69) is 10.4 Å². The van der Waals surface area contributed by atoms with Crippen LogP contribution >= 0.6 is 0 Å². The van der Waals surface area contributed by atoms with Gasteiger partial charge >= 0.3 is 12.1 Å². The van der Waals surface area contributed by atoms with E-state index in [9.17, 15) is 37.6 Å². The van der Waals surface area contributed by atoms with E-state index in [1.54, 1.807) is 12.2 Å². The Kier molecular flexibility index (Phi) is 6.91. The number of piperidine rings is 1. The van der Waals surface area contributed by atoms with E-state index in [0.717, 1.165) is 0 Å². The molecule has 2 N–H and O–H groups in total. The molecular formula is C27H32F3N7O5. The number of ether oxygens (including phenoxy) is 1. The number of fused-ring (bicyclic) bond motifs is 2. The third-order valence-electron chi connectivity index (χ3n) is 8.97. The molecule has 12 nitrogen and oxygen atoms in total. The molecule has 5 rings (SSSR count). The van der Waals surface area contributed by atoms with Crippen molar-refractivity contribution in [2.45, 2.75) is 76.5 Å². The van der Waals surface area contributed by atoms with Crippen LogP contribution in [-0.4, -0.2) is 73.3 Å². The van der Waals surface area contributed by atoms with E-state index in [-0.39, 0.29) is 34.9 Å². The number of carbonyl (C=O) groups is 3. The van der Waals surface area contributed by atoms with Gasteiger partial charge in [0.15, 0.2) is 0 Å². The van der Waals surface area contributed by atoms with Crippen molar-refractivity contribution in [2.75, 3.05) is 6.54 Å². The SMILES string of the molecule is C[C@@H](OC1(C)CC1)[C@H](NC(=O)C(F)(F)F)C(=O)N1C[C@H]2[C@@H]([C@H]1C(=O)NC(C#N)c1cnn3ccn(C)c(=O)c13)C2(C)C. The Morgan fingerprint density at radius 3 is 2.45 bits per heavy atom. The predicted octanol–water partition coefficient (Wildman–Crippen LogP) is 1.20. The van der Waals surface area contributed by atoms with Crippen LogP contribution in [0.1, 0.15) is 52.1 Å². The van der Waals surface area contributed by atoms with E-state index in [4.69, 9.17) is 4.74 Å². The van der Waals surface area contributed by atoms with Crippen LogP contribution in [-0.2, 0) is 26.2 Å². The van der Waals surface area contributed by atoms with Crippen molar-refractivity contribution in [3.8, 4) is 6.07 Å². The Labute approximate surface area is 238 Å². The minimum Gasteiger partial charge on any atom is -0.370 e. The van der Waals surface area contributed by atoms with E-state index < -0.39 is 59.3 Å². The summed E-state index contributed by atoms with van der Waals surface area (Å²) in [7, 11) is 1.53. The highest BCUT2D eigenvalue weighted by molar-refractivity contribution is 5.95. The van der Waals surface area contributed by atoms with Crippen molar-refractivity contribution in [1.29, 1.82) is 5.26 Å². The molecule has 2 saturated carbocycles. The average Bonchev–Trinajstić information content (AvgIpc) is 3.55. The fourth-order valence-electron chi connectivity index (χ4n) is 6.13. The lowest BCUT2D eigenvalue weighted by atomic mass is 9.98. The van der Waals surface area contributed by atoms with Crippen molar-refractivity contribution in [3.05, 3.63) is 34.5 Å². The van der Waals surface area contributed by atoms with Crippen molar-refractivity contribution in [1.82, 2.24) is 29.7 Å². The molecule has 2 aromatic rings. The molecule has 1 saturated heterocycles. The third kappa shape index (κ3) is 5.01. The Bertz CT molecular complexity index is 1550. The van der Waals surface area contributed by atoms with E-state index in [1.807, 2.05) is 19.9 Å². The van der Waals surface area contributed by atoms with Crippen LogP contribution < -0.4 is 16.2 Å². The van der Waals surface area contributed by atoms with Gasteiger partial charge in [0, 0.05) is 31.5 Å². The molecule has 3 heterocycles. The average molecular weight is 592 g/mol. The first-order valence-corrected chi connectivity index (χ1v) is 13.6. The zero-order valence-corrected chi connectivity index (χ0v) is 23.7. The van der Waals surface area contributed by atoms with Crippen molar-refractivity contribution >= 4 is 23.2 Å². The number of aromatic nitrogens is 3.